The van der Waals surface area contributed by atoms with Crippen LogP contribution in [0.5, 0.6) is 11.5 Å². The van der Waals surface area contributed by atoms with Crippen LogP contribution in [0.15, 0.2) is 42.5 Å². The maximum absolute atomic E-state index is 13.6. The van der Waals surface area contributed by atoms with E-state index >= 15 is 0 Å². The van der Waals surface area contributed by atoms with Crippen molar-refractivity contribution in [3.05, 3.63) is 59.2 Å². The molecule has 5 nitrogen and oxygen atoms in total. The number of aryl methyl sites for hydroxylation is 1. The molecular weight excluding hydrogens is 488 g/mol. The van der Waals surface area contributed by atoms with Crippen molar-refractivity contribution in [2.45, 2.75) is 96.5 Å². The number of hydrogen-bond acceptors (Lipinski definition) is 5. The molecule has 0 saturated heterocycles. The zero-order valence-electron chi connectivity index (χ0n) is 23.7. The zero-order chi connectivity index (χ0) is 28.2. The SMILES string of the molecule is CCCCCC(CCCCC)[C@@H]1CC#C[C@H](c2ccccc2)c2cc(O)c(OC)cc2CCC(=O)[C@@H](O)C1=O. The predicted molar refractivity (Wildman–Crippen MR) is 155 cm³/mol. The maximum atomic E-state index is 13.6. The normalized spacial score (nSPS) is 20.0. The van der Waals surface area contributed by atoms with Gasteiger partial charge in [-0.25, -0.2) is 0 Å². The number of rotatable bonds is 11. The Labute approximate surface area is 234 Å². The summed E-state index contributed by atoms with van der Waals surface area (Å²) in [6, 6.07) is 13.3. The molecule has 0 saturated carbocycles. The Kier molecular flexibility index (Phi) is 12.1. The summed E-state index contributed by atoms with van der Waals surface area (Å²) >= 11 is 0. The van der Waals surface area contributed by atoms with Gasteiger partial charge in [0.15, 0.2) is 29.2 Å². The summed E-state index contributed by atoms with van der Waals surface area (Å²) < 4.78 is 5.34. The standard InChI is InChI=1S/C34H44O5/c1-4-6-9-14-25(15-10-7-5-2)28-19-13-18-27(24-16-11-8-12-17-24)29-23-31(36)32(39-3)22-26(29)20-21-30(35)34(38)33(28)37/h8,11-12,16-17,22-23,25,27-28,34,36,38H,4-7,9-10,14-15,19-21H2,1-3H3/t27-,28+,34-/m1/s1. The van der Waals surface area contributed by atoms with E-state index in [1.54, 1.807) is 12.1 Å². The molecule has 1 aliphatic carbocycles. The average molecular weight is 533 g/mol. The molecule has 2 N–H and O–H groups in total. The number of carbonyl (C=O) groups is 2. The molecule has 0 aliphatic heterocycles. The number of Topliss-reactive ketones (excluding diaryl/α,β-unsaturated/α-hetero) is 2. The van der Waals surface area contributed by atoms with E-state index in [2.05, 4.69) is 25.7 Å². The van der Waals surface area contributed by atoms with Gasteiger partial charge in [-0.05, 0) is 54.0 Å². The molecule has 0 aromatic heterocycles. The Bertz CT molecular complexity index is 1130. The quantitative estimate of drug-likeness (QED) is 0.190. The van der Waals surface area contributed by atoms with Crippen molar-refractivity contribution >= 4 is 11.6 Å². The van der Waals surface area contributed by atoms with Crippen molar-refractivity contribution in [1.29, 1.82) is 0 Å². The Hall–Kier alpha value is -3.10. The van der Waals surface area contributed by atoms with Gasteiger partial charge in [0.05, 0.1) is 13.0 Å². The number of ether oxygens (including phenoxy) is 1. The largest absolute Gasteiger partial charge is 0.504 e. The molecule has 0 spiro atoms. The van der Waals surface area contributed by atoms with Gasteiger partial charge in [0.1, 0.15) is 0 Å². The first-order valence-electron chi connectivity index (χ1n) is 14.6. The highest BCUT2D eigenvalue weighted by Crippen LogP contribution is 2.37. The van der Waals surface area contributed by atoms with Gasteiger partial charge in [0.25, 0.3) is 0 Å². The number of phenols is 1. The molecule has 0 unspecified atom stereocenters. The van der Waals surface area contributed by atoms with Gasteiger partial charge in [-0.2, -0.15) is 0 Å². The molecule has 1 aliphatic rings. The van der Waals surface area contributed by atoms with Crippen molar-refractivity contribution in [3.8, 4) is 23.3 Å². The lowest BCUT2D eigenvalue weighted by molar-refractivity contribution is -0.142. The first-order chi connectivity index (χ1) is 18.9. The first-order valence-corrected chi connectivity index (χ1v) is 14.6. The molecule has 39 heavy (non-hydrogen) atoms. The van der Waals surface area contributed by atoms with Crippen LogP contribution in [0.2, 0.25) is 0 Å². The van der Waals surface area contributed by atoms with E-state index in [4.69, 9.17) is 4.74 Å². The Morgan fingerprint density at radius 3 is 2.26 bits per heavy atom. The van der Waals surface area contributed by atoms with Gasteiger partial charge < -0.3 is 14.9 Å². The lowest BCUT2D eigenvalue weighted by Gasteiger charge is -2.27. The Morgan fingerprint density at radius 2 is 1.64 bits per heavy atom. The number of phenolic OH excluding ortho intramolecular Hbond substituents is 1. The minimum absolute atomic E-state index is 0.0115. The molecule has 3 rings (SSSR count). The fraction of sp³-hybridized carbons (Fsp3) is 0.529. The lowest BCUT2D eigenvalue weighted by atomic mass is 9.77. The second-order valence-corrected chi connectivity index (χ2v) is 10.7. The predicted octanol–water partition coefficient (Wildman–Crippen LogP) is 6.76. The summed E-state index contributed by atoms with van der Waals surface area (Å²) in [7, 11) is 1.48. The molecule has 0 fully saturated rings. The van der Waals surface area contributed by atoms with Gasteiger partial charge in [-0.3, -0.25) is 9.59 Å². The van der Waals surface area contributed by atoms with E-state index in [0.717, 1.165) is 68.1 Å². The van der Waals surface area contributed by atoms with Crippen LogP contribution >= 0.6 is 0 Å². The molecule has 0 amide bonds. The third-order valence-electron chi connectivity index (χ3n) is 7.96. The van der Waals surface area contributed by atoms with Crippen molar-refractivity contribution in [3.63, 3.8) is 0 Å². The van der Waals surface area contributed by atoms with E-state index in [0.29, 0.717) is 18.6 Å². The molecule has 0 radical (unpaired) electrons. The number of benzene rings is 2. The second kappa shape index (κ2) is 15.5. The fourth-order valence-electron chi connectivity index (χ4n) is 5.65. The Balaban J connectivity index is 2.09. The fourth-order valence-corrected chi connectivity index (χ4v) is 5.65. The van der Waals surface area contributed by atoms with Gasteiger partial charge in [0, 0.05) is 18.8 Å². The molecule has 0 heterocycles. The van der Waals surface area contributed by atoms with Gasteiger partial charge in [-0.15, -0.1) is 5.92 Å². The highest BCUT2D eigenvalue weighted by Gasteiger charge is 2.35. The first kappa shape index (κ1) is 30.4. The maximum Gasteiger partial charge on any atom is 0.173 e. The van der Waals surface area contributed by atoms with Crippen LogP contribution in [0.1, 0.15) is 101 Å². The summed E-state index contributed by atoms with van der Waals surface area (Å²) in [5.74, 6) is 5.48. The summed E-state index contributed by atoms with van der Waals surface area (Å²) in [4.78, 5) is 26.8. The number of hydrogen-bond donors (Lipinski definition) is 2. The summed E-state index contributed by atoms with van der Waals surface area (Å²) in [5, 5.41) is 21.5. The molecule has 2 aromatic carbocycles. The third-order valence-corrected chi connectivity index (χ3v) is 7.96. The van der Waals surface area contributed by atoms with E-state index in [1.165, 1.54) is 7.11 Å². The van der Waals surface area contributed by atoms with Crippen molar-refractivity contribution in [1.82, 2.24) is 0 Å². The molecule has 2 aromatic rings. The topological polar surface area (TPSA) is 83.8 Å². The van der Waals surface area contributed by atoms with Gasteiger partial charge in [-0.1, -0.05) is 88.6 Å². The van der Waals surface area contributed by atoms with Gasteiger partial charge >= 0.3 is 0 Å². The van der Waals surface area contributed by atoms with Crippen LogP contribution in [0, 0.1) is 23.7 Å². The van der Waals surface area contributed by atoms with Crippen LogP contribution in [-0.4, -0.2) is 35.0 Å². The Morgan fingerprint density at radius 1 is 0.974 bits per heavy atom. The minimum atomic E-state index is -1.64. The number of aliphatic hydroxyl groups excluding tert-OH is 1. The van der Waals surface area contributed by atoms with Crippen LogP contribution in [0.25, 0.3) is 0 Å². The highest BCUT2D eigenvalue weighted by atomic mass is 16.5. The monoisotopic (exact) mass is 532 g/mol. The average Bonchev–Trinajstić information content (AvgIpc) is 2.95. The molecule has 5 heteroatoms. The number of methoxy groups -OCH3 is 1. The third kappa shape index (κ3) is 8.19. The summed E-state index contributed by atoms with van der Waals surface area (Å²) in [6.45, 7) is 4.33. The molecular formula is C34H44O5. The van der Waals surface area contributed by atoms with E-state index < -0.39 is 17.8 Å². The minimum Gasteiger partial charge on any atom is -0.504 e. The number of ketones is 2. The van der Waals surface area contributed by atoms with Crippen LogP contribution < -0.4 is 4.74 Å². The van der Waals surface area contributed by atoms with E-state index in [1.807, 2.05) is 30.3 Å². The smallest absolute Gasteiger partial charge is 0.173 e. The lowest BCUT2D eigenvalue weighted by Crippen LogP contribution is -2.38. The number of aromatic hydroxyl groups is 1. The highest BCUT2D eigenvalue weighted by molar-refractivity contribution is 6.06. The van der Waals surface area contributed by atoms with Crippen molar-refractivity contribution < 1.29 is 24.5 Å². The van der Waals surface area contributed by atoms with Crippen LogP contribution in [0.3, 0.4) is 0 Å². The number of unbranched alkanes of at least 4 members (excludes halogenated alkanes) is 4. The van der Waals surface area contributed by atoms with Crippen LogP contribution in [0.4, 0.5) is 0 Å². The summed E-state index contributed by atoms with van der Waals surface area (Å²) in [5.41, 5.74) is 2.58. The van der Waals surface area contributed by atoms with Crippen molar-refractivity contribution in [2.24, 2.45) is 11.8 Å². The van der Waals surface area contributed by atoms with Crippen LogP contribution in [-0.2, 0) is 16.0 Å². The molecule has 3 atom stereocenters. The molecule has 210 valence electrons. The summed E-state index contributed by atoms with van der Waals surface area (Å²) in [6.07, 6.45) is 7.21. The van der Waals surface area contributed by atoms with E-state index in [9.17, 15) is 19.8 Å². The number of carbonyl (C=O) groups excluding carboxylic acids is 2. The van der Waals surface area contributed by atoms with Gasteiger partial charge in [0.2, 0.25) is 0 Å². The van der Waals surface area contributed by atoms with Crippen molar-refractivity contribution in [2.75, 3.05) is 7.11 Å². The van der Waals surface area contributed by atoms with E-state index in [-0.39, 0.29) is 29.8 Å². The second-order valence-electron chi connectivity index (χ2n) is 10.7. The number of aliphatic hydroxyl groups is 1. The number of fused-ring (bicyclic) bond motifs is 1. The zero-order valence-corrected chi connectivity index (χ0v) is 23.7. The molecule has 0 bridgehead atoms.